The summed E-state index contributed by atoms with van der Waals surface area (Å²) in [5.41, 5.74) is 0.345. The summed E-state index contributed by atoms with van der Waals surface area (Å²) in [5.74, 6) is 0. The van der Waals surface area contributed by atoms with E-state index in [1.807, 2.05) is 0 Å². The van der Waals surface area contributed by atoms with Crippen molar-refractivity contribution in [2.75, 3.05) is 32.1 Å². The molecule has 1 unspecified atom stereocenters. The van der Waals surface area contributed by atoms with Gasteiger partial charge in [-0.25, -0.2) is 4.68 Å². The molecule has 0 amide bonds. The molecule has 2 rings (SSSR count). The normalized spacial score (nSPS) is 19.6. The topological polar surface area (TPSA) is 68.2 Å². The highest BCUT2D eigenvalue weighted by atomic mass is 35.5. The van der Waals surface area contributed by atoms with Gasteiger partial charge in [-0.15, -0.1) is 0 Å². The Hall–Kier alpha value is -1.11. The van der Waals surface area contributed by atoms with Crippen LogP contribution in [-0.2, 0) is 11.3 Å². The Kier molecular flexibility index (Phi) is 5.82. The molecule has 0 aromatic carbocycles. The Morgan fingerprint density at radius 2 is 2.40 bits per heavy atom. The Balaban J connectivity index is 2.08. The zero-order chi connectivity index (χ0) is 14.4. The summed E-state index contributed by atoms with van der Waals surface area (Å²) in [4.78, 5) is 12.1. The fourth-order valence-corrected chi connectivity index (χ4v) is 2.49. The lowest BCUT2D eigenvalue weighted by molar-refractivity contribution is 0.182. The highest BCUT2D eigenvalue weighted by molar-refractivity contribution is 6.32. The first-order chi connectivity index (χ1) is 9.72. The summed E-state index contributed by atoms with van der Waals surface area (Å²) >= 11 is 6.15. The minimum atomic E-state index is -0.277. The van der Waals surface area contributed by atoms with Crippen molar-refractivity contribution < 1.29 is 4.74 Å². The van der Waals surface area contributed by atoms with E-state index in [2.05, 4.69) is 15.7 Å². The number of rotatable bonds is 5. The van der Waals surface area contributed by atoms with Crippen LogP contribution in [0.1, 0.15) is 19.3 Å². The molecule has 1 aliphatic rings. The maximum absolute atomic E-state index is 12.1. The number of ether oxygens (including phenoxy) is 1. The van der Waals surface area contributed by atoms with Crippen molar-refractivity contribution in [3.05, 3.63) is 21.6 Å². The molecule has 0 spiro atoms. The van der Waals surface area contributed by atoms with Crippen molar-refractivity contribution in [3.8, 4) is 0 Å². The molecule has 2 heterocycles. The van der Waals surface area contributed by atoms with Crippen LogP contribution in [0.2, 0.25) is 5.02 Å². The highest BCUT2D eigenvalue weighted by Gasteiger charge is 2.15. The van der Waals surface area contributed by atoms with E-state index in [0.717, 1.165) is 32.4 Å². The average Bonchev–Trinajstić information content (AvgIpc) is 2.72. The van der Waals surface area contributed by atoms with Crippen molar-refractivity contribution in [2.24, 2.45) is 0 Å². The van der Waals surface area contributed by atoms with Crippen LogP contribution in [-0.4, -0.2) is 42.6 Å². The fourth-order valence-electron chi connectivity index (χ4n) is 2.29. The highest BCUT2D eigenvalue weighted by Crippen LogP contribution is 2.19. The predicted octanol–water partition coefficient (Wildman–Crippen LogP) is 1.10. The van der Waals surface area contributed by atoms with Crippen LogP contribution >= 0.6 is 11.6 Å². The number of hydrogen-bond acceptors (Lipinski definition) is 5. The van der Waals surface area contributed by atoms with E-state index >= 15 is 0 Å². The number of aromatic nitrogens is 2. The van der Waals surface area contributed by atoms with Gasteiger partial charge in [-0.2, -0.15) is 5.10 Å². The van der Waals surface area contributed by atoms with E-state index < -0.39 is 0 Å². The lowest BCUT2D eigenvalue weighted by Gasteiger charge is -2.18. The predicted molar refractivity (Wildman–Crippen MR) is 79.5 cm³/mol. The van der Waals surface area contributed by atoms with E-state index in [0.29, 0.717) is 24.9 Å². The van der Waals surface area contributed by atoms with E-state index in [-0.39, 0.29) is 10.6 Å². The van der Waals surface area contributed by atoms with Crippen molar-refractivity contribution >= 4 is 17.3 Å². The molecule has 1 aliphatic heterocycles. The number of nitrogens with one attached hydrogen (secondary N) is 2. The van der Waals surface area contributed by atoms with Gasteiger partial charge < -0.3 is 15.4 Å². The lowest BCUT2D eigenvalue weighted by Crippen LogP contribution is -2.28. The summed E-state index contributed by atoms with van der Waals surface area (Å²) in [5, 5.41) is 11.0. The van der Waals surface area contributed by atoms with Crippen LogP contribution < -0.4 is 16.2 Å². The van der Waals surface area contributed by atoms with Crippen molar-refractivity contribution in [2.45, 2.75) is 31.8 Å². The maximum atomic E-state index is 12.1. The molecule has 0 saturated carbocycles. The zero-order valence-corrected chi connectivity index (χ0v) is 12.4. The summed E-state index contributed by atoms with van der Waals surface area (Å²) in [6, 6.07) is 0.332. The fraction of sp³-hybridized carbons (Fsp3) is 0.692. The van der Waals surface area contributed by atoms with Gasteiger partial charge in [-0.1, -0.05) is 11.6 Å². The second-order valence-corrected chi connectivity index (χ2v) is 5.29. The van der Waals surface area contributed by atoms with Crippen LogP contribution in [0.25, 0.3) is 0 Å². The smallest absolute Gasteiger partial charge is 0.287 e. The van der Waals surface area contributed by atoms with Gasteiger partial charge in [0.25, 0.3) is 5.56 Å². The molecule has 2 N–H and O–H groups in total. The molecule has 20 heavy (non-hydrogen) atoms. The Morgan fingerprint density at radius 3 is 3.20 bits per heavy atom. The lowest BCUT2D eigenvalue weighted by atomic mass is 10.1. The van der Waals surface area contributed by atoms with Crippen LogP contribution in [0, 0.1) is 0 Å². The first kappa shape index (κ1) is 15.3. The minimum Gasteiger partial charge on any atom is -0.383 e. The van der Waals surface area contributed by atoms with Gasteiger partial charge in [0.15, 0.2) is 0 Å². The molecule has 0 bridgehead atoms. The van der Waals surface area contributed by atoms with Crippen LogP contribution in [0.5, 0.6) is 0 Å². The van der Waals surface area contributed by atoms with Crippen molar-refractivity contribution in [3.63, 3.8) is 0 Å². The molecule has 1 fully saturated rings. The molecule has 1 aromatic rings. The SMILES string of the molecule is COCCn1ncc(NC2CCCNCC2)c(Cl)c1=O. The zero-order valence-electron chi connectivity index (χ0n) is 11.7. The Labute approximate surface area is 123 Å². The first-order valence-electron chi connectivity index (χ1n) is 6.94. The van der Waals surface area contributed by atoms with Crippen LogP contribution in [0.3, 0.4) is 0 Å². The standard InChI is InChI=1S/C13H21ClN4O2/c1-20-8-7-18-13(19)12(14)11(9-16-18)17-10-3-2-5-15-6-4-10/h9-10,15,17H,2-8H2,1H3. The quantitative estimate of drug-likeness (QED) is 0.852. The van der Waals surface area contributed by atoms with Gasteiger partial charge in [0, 0.05) is 13.2 Å². The van der Waals surface area contributed by atoms with Crippen LogP contribution in [0.15, 0.2) is 11.0 Å². The molecule has 112 valence electrons. The third-order valence-electron chi connectivity index (χ3n) is 3.43. The molecule has 6 nitrogen and oxygen atoms in total. The summed E-state index contributed by atoms with van der Waals surface area (Å²) in [6.45, 7) is 2.86. The number of halogens is 1. The van der Waals surface area contributed by atoms with Gasteiger partial charge in [-0.3, -0.25) is 4.79 Å². The van der Waals surface area contributed by atoms with E-state index in [1.165, 1.54) is 4.68 Å². The maximum Gasteiger partial charge on any atom is 0.287 e. The molecule has 1 aromatic heterocycles. The Bertz CT molecular complexity index is 484. The van der Waals surface area contributed by atoms with Crippen LogP contribution in [0.4, 0.5) is 5.69 Å². The summed E-state index contributed by atoms with van der Waals surface area (Å²) in [6.07, 6.45) is 4.82. The van der Waals surface area contributed by atoms with E-state index in [9.17, 15) is 4.79 Å². The summed E-state index contributed by atoms with van der Waals surface area (Å²) in [7, 11) is 1.59. The molecule has 1 saturated heterocycles. The van der Waals surface area contributed by atoms with Gasteiger partial charge >= 0.3 is 0 Å². The van der Waals surface area contributed by atoms with Gasteiger partial charge in [0.2, 0.25) is 0 Å². The number of anilines is 1. The largest absolute Gasteiger partial charge is 0.383 e. The molecular weight excluding hydrogens is 280 g/mol. The van der Waals surface area contributed by atoms with E-state index in [1.54, 1.807) is 13.3 Å². The molecule has 0 aliphatic carbocycles. The number of nitrogens with zero attached hydrogens (tertiary/aromatic N) is 2. The molecule has 1 atom stereocenters. The molecule has 0 radical (unpaired) electrons. The van der Waals surface area contributed by atoms with Crippen molar-refractivity contribution in [1.29, 1.82) is 0 Å². The first-order valence-corrected chi connectivity index (χ1v) is 7.32. The minimum absolute atomic E-state index is 0.202. The molecule has 7 heteroatoms. The second kappa shape index (κ2) is 7.61. The Morgan fingerprint density at radius 1 is 1.55 bits per heavy atom. The third kappa shape index (κ3) is 3.94. The van der Waals surface area contributed by atoms with E-state index in [4.69, 9.17) is 16.3 Å². The monoisotopic (exact) mass is 300 g/mol. The van der Waals surface area contributed by atoms with Crippen molar-refractivity contribution in [1.82, 2.24) is 15.1 Å². The summed E-state index contributed by atoms with van der Waals surface area (Å²) < 4.78 is 6.27. The van der Waals surface area contributed by atoms with Gasteiger partial charge in [0.1, 0.15) is 5.02 Å². The average molecular weight is 301 g/mol. The third-order valence-corrected chi connectivity index (χ3v) is 3.79. The van der Waals surface area contributed by atoms with Gasteiger partial charge in [0.05, 0.1) is 25.0 Å². The second-order valence-electron chi connectivity index (χ2n) is 4.92. The van der Waals surface area contributed by atoms with Gasteiger partial charge in [-0.05, 0) is 32.4 Å². The number of methoxy groups -OCH3 is 1. The molecular formula is C13H21ClN4O2. The number of hydrogen-bond donors (Lipinski definition) is 2.